The lowest BCUT2D eigenvalue weighted by Crippen LogP contribution is -2.33. The van der Waals surface area contributed by atoms with E-state index in [-0.39, 0.29) is 11.9 Å². The zero-order valence-electron chi connectivity index (χ0n) is 16.9. The quantitative estimate of drug-likeness (QED) is 0.773. The summed E-state index contributed by atoms with van der Waals surface area (Å²) in [6.07, 6.45) is 3.51. The average Bonchev–Trinajstić information content (AvgIpc) is 2.67. The van der Waals surface area contributed by atoms with Crippen LogP contribution in [-0.2, 0) is 6.54 Å². The molecule has 1 aliphatic heterocycles. The second-order valence-corrected chi connectivity index (χ2v) is 8.02. The number of aryl methyl sites for hydroxylation is 1. The standard InChI is InChI=1S/C24H32N2O/c1-4-23(21-11-7-18(2)8-12-21)25-24(27)22-13-9-20(10-14-22)17-26-15-5-6-19(3)16-26/h7-14,19,23H,4-6,15-17H2,1-3H3,(H,25,27)/t19-,23-/m1/s1. The summed E-state index contributed by atoms with van der Waals surface area (Å²) in [6, 6.07) is 16.6. The van der Waals surface area contributed by atoms with Crippen molar-refractivity contribution in [2.24, 2.45) is 5.92 Å². The molecule has 0 bridgehead atoms. The monoisotopic (exact) mass is 364 g/mol. The second-order valence-electron chi connectivity index (χ2n) is 8.02. The molecule has 1 fully saturated rings. The highest BCUT2D eigenvalue weighted by molar-refractivity contribution is 5.94. The number of likely N-dealkylation sites (tertiary alicyclic amines) is 1. The molecule has 27 heavy (non-hydrogen) atoms. The predicted molar refractivity (Wildman–Crippen MR) is 112 cm³/mol. The molecular weight excluding hydrogens is 332 g/mol. The molecule has 2 atom stereocenters. The molecule has 1 saturated heterocycles. The summed E-state index contributed by atoms with van der Waals surface area (Å²) in [5.41, 5.74) is 4.41. The second kappa shape index (κ2) is 9.18. The van der Waals surface area contributed by atoms with Gasteiger partial charge in [-0.25, -0.2) is 0 Å². The third kappa shape index (κ3) is 5.43. The van der Waals surface area contributed by atoms with Gasteiger partial charge in [-0.15, -0.1) is 0 Å². The third-order valence-corrected chi connectivity index (χ3v) is 5.56. The Balaban J connectivity index is 1.60. The van der Waals surface area contributed by atoms with E-state index in [0.717, 1.165) is 30.0 Å². The molecule has 2 aromatic carbocycles. The van der Waals surface area contributed by atoms with Crippen LogP contribution in [0, 0.1) is 12.8 Å². The smallest absolute Gasteiger partial charge is 0.251 e. The highest BCUT2D eigenvalue weighted by Crippen LogP contribution is 2.20. The van der Waals surface area contributed by atoms with Crippen LogP contribution in [0.4, 0.5) is 0 Å². The van der Waals surface area contributed by atoms with Crippen LogP contribution in [0.5, 0.6) is 0 Å². The lowest BCUT2D eigenvalue weighted by atomic mass is 9.99. The Hall–Kier alpha value is -2.13. The van der Waals surface area contributed by atoms with Crippen molar-refractivity contribution in [1.82, 2.24) is 10.2 Å². The number of hydrogen-bond acceptors (Lipinski definition) is 2. The van der Waals surface area contributed by atoms with Gasteiger partial charge in [-0.3, -0.25) is 9.69 Å². The first kappa shape index (κ1) is 19.6. The van der Waals surface area contributed by atoms with E-state index in [1.54, 1.807) is 0 Å². The van der Waals surface area contributed by atoms with Gasteiger partial charge < -0.3 is 5.32 Å². The molecule has 1 heterocycles. The Kier molecular flexibility index (Phi) is 6.68. The molecule has 2 aromatic rings. The van der Waals surface area contributed by atoms with Gasteiger partial charge in [-0.2, -0.15) is 0 Å². The van der Waals surface area contributed by atoms with Crippen LogP contribution >= 0.6 is 0 Å². The first-order chi connectivity index (χ1) is 13.0. The molecule has 1 amide bonds. The van der Waals surface area contributed by atoms with Crippen molar-refractivity contribution in [1.29, 1.82) is 0 Å². The van der Waals surface area contributed by atoms with Crippen LogP contribution in [-0.4, -0.2) is 23.9 Å². The van der Waals surface area contributed by atoms with Gasteiger partial charge in [0.2, 0.25) is 0 Å². The number of nitrogens with zero attached hydrogens (tertiary/aromatic N) is 1. The Labute approximate surface area is 163 Å². The van der Waals surface area contributed by atoms with Gasteiger partial charge in [-0.1, -0.05) is 55.8 Å². The number of carbonyl (C=O) groups excluding carboxylic acids is 1. The largest absolute Gasteiger partial charge is 0.345 e. The number of nitrogens with one attached hydrogen (secondary N) is 1. The van der Waals surface area contributed by atoms with E-state index in [2.05, 4.69) is 67.4 Å². The summed E-state index contributed by atoms with van der Waals surface area (Å²) in [5, 5.41) is 3.18. The molecule has 3 rings (SSSR count). The maximum Gasteiger partial charge on any atom is 0.251 e. The summed E-state index contributed by atoms with van der Waals surface area (Å²) in [5.74, 6) is 0.789. The number of amides is 1. The van der Waals surface area contributed by atoms with Gasteiger partial charge in [0, 0.05) is 18.7 Å². The summed E-state index contributed by atoms with van der Waals surface area (Å²) < 4.78 is 0. The molecule has 3 heteroatoms. The molecular formula is C24H32N2O. The van der Waals surface area contributed by atoms with Crippen LogP contribution in [0.25, 0.3) is 0 Å². The van der Waals surface area contributed by atoms with E-state index in [0.29, 0.717) is 0 Å². The van der Waals surface area contributed by atoms with Crippen LogP contribution in [0.15, 0.2) is 48.5 Å². The molecule has 0 aliphatic carbocycles. The van der Waals surface area contributed by atoms with Crippen LogP contribution < -0.4 is 5.32 Å². The van der Waals surface area contributed by atoms with Crippen LogP contribution in [0.2, 0.25) is 0 Å². The minimum Gasteiger partial charge on any atom is -0.345 e. The Morgan fingerprint density at radius 3 is 2.48 bits per heavy atom. The zero-order chi connectivity index (χ0) is 19.2. The van der Waals surface area contributed by atoms with Gasteiger partial charge in [-0.05, 0) is 61.9 Å². The minimum absolute atomic E-state index is 0.000528. The Morgan fingerprint density at radius 2 is 1.85 bits per heavy atom. The van der Waals surface area contributed by atoms with E-state index in [1.807, 2.05) is 12.1 Å². The average molecular weight is 365 g/mol. The van der Waals surface area contributed by atoms with E-state index in [4.69, 9.17) is 0 Å². The van der Waals surface area contributed by atoms with Gasteiger partial charge in [0.05, 0.1) is 6.04 Å². The summed E-state index contributed by atoms with van der Waals surface area (Å²) in [6.45, 7) is 9.85. The first-order valence-corrected chi connectivity index (χ1v) is 10.2. The molecule has 0 saturated carbocycles. The van der Waals surface area contributed by atoms with E-state index < -0.39 is 0 Å². The van der Waals surface area contributed by atoms with Crippen molar-refractivity contribution in [2.75, 3.05) is 13.1 Å². The van der Waals surface area contributed by atoms with Crippen molar-refractivity contribution in [3.05, 3.63) is 70.8 Å². The highest BCUT2D eigenvalue weighted by Gasteiger charge is 2.17. The maximum atomic E-state index is 12.7. The lowest BCUT2D eigenvalue weighted by molar-refractivity contribution is 0.0935. The molecule has 3 nitrogen and oxygen atoms in total. The molecule has 1 aliphatic rings. The van der Waals surface area contributed by atoms with E-state index in [1.165, 1.54) is 37.1 Å². The fourth-order valence-corrected chi connectivity index (χ4v) is 3.91. The van der Waals surface area contributed by atoms with Gasteiger partial charge in [0.1, 0.15) is 0 Å². The van der Waals surface area contributed by atoms with E-state index >= 15 is 0 Å². The van der Waals surface area contributed by atoms with Crippen molar-refractivity contribution < 1.29 is 4.79 Å². The van der Waals surface area contributed by atoms with Crippen LogP contribution in [0.1, 0.15) is 66.2 Å². The van der Waals surface area contributed by atoms with Gasteiger partial charge in [0.15, 0.2) is 0 Å². The topological polar surface area (TPSA) is 32.3 Å². The molecule has 0 spiro atoms. The summed E-state index contributed by atoms with van der Waals surface area (Å²) >= 11 is 0. The minimum atomic E-state index is 0.000528. The SMILES string of the molecule is CC[C@@H](NC(=O)c1ccc(CN2CCC[C@@H](C)C2)cc1)c1ccc(C)cc1. The number of rotatable bonds is 6. The number of carbonyl (C=O) groups is 1. The Bertz CT molecular complexity index is 736. The fourth-order valence-electron chi connectivity index (χ4n) is 3.91. The Morgan fingerprint density at radius 1 is 1.15 bits per heavy atom. The third-order valence-electron chi connectivity index (χ3n) is 5.56. The van der Waals surface area contributed by atoms with Crippen LogP contribution in [0.3, 0.4) is 0 Å². The number of benzene rings is 2. The normalized spacial score (nSPS) is 18.9. The lowest BCUT2D eigenvalue weighted by Gasteiger charge is -2.30. The number of piperidine rings is 1. The van der Waals surface area contributed by atoms with Gasteiger partial charge in [0.25, 0.3) is 5.91 Å². The van der Waals surface area contributed by atoms with Gasteiger partial charge >= 0.3 is 0 Å². The molecule has 0 unspecified atom stereocenters. The maximum absolute atomic E-state index is 12.7. The summed E-state index contributed by atoms with van der Waals surface area (Å²) in [4.78, 5) is 15.2. The molecule has 0 radical (unpaired) electrons. The first-order valence-electron chi connectivity index (χ1n) is 10.2. The highest BCUT2D eigenvalue weighted by atomic mass is 16.1. The van der Waals surface area contributed by atoms with Crippen molar-refractivity contribution in [3.8, 4) is 0 Å². The van der Waals surface area contributed by atoms with Crippen molar-refractivity contribution >= 4 is 5.91 Å². The zero-order valence-corrected chi connectivity index (χ0v) is 16.9. The summed E-state index contributed by atoms with van der Waals surface area (Å²) in [7, 11) is 0. The van der Waals surface area contributed by atoms with Crippen molar-refractivity contribution in [3.63, 3.8) is 0 Å². The fraction of sp³-hybridized carbons (Fsp3) is 0.458. The molecule has 0 aromatic heterocycles. The van der Waals surface area contributed by atoms with E-state index in [9.17, 15) is 4.79 Å². The molecule has 1 N–H and O–H groups in total. The van der Waals surface area contributed by atoms with Crippen molar-refractivity contribution in [2.45, 2.75) is 52.6 Å². The number of hydrogen-bond donors (Lipinski definition) is 1. The predicted octanol–water partition coefficient (Wildman–Crippen LogP) is 5.11. The molecule has 144 valence electrons.